The summed E-state index contributed by atoms with van der Waals surface area (Å²) in [5.74, 6) is 0. The van der Waals surface area contributed by atoms with E-state index in [1.807, 2.05) is 44.6 Å². The van der Waals surface area contributed by atoms with Gasteiger partial charge in [-0.2, -0.15) is 0 Å². The largest absolute Gasteiger partial charge is 0.678 e. The number of hydrogen-bond donors (Lipinski definition) is 0. The highest BCUT2D eigenvalue weighted by Gasteiger charge is 2.23. The number of anilines is 1. The third-order valence-electron chi connectivity index (χ3n) is 4.84. The third kappa shape index (κ3) is 3.96. The maximum absolute atomic E-state index is 13.6. The Morgan fingerprint density at radius 3 is 2.55 bits per heavy atom. The average Bonchev–Trinajstić information content (AvgIpc) is 3.35. The fourth-order valence-electron chi connectivity index (χ4n) is 3.29. The normalized spacial score (nSPS) is 15.4. The number of benzene rings is 1. The van der Waals surface area contributed by atoms with Crippen LogP contribution in [0.1, 0.15) is 18.2 Å². The Balaban J connectivity index is 1.60. The summed E-state index contributed by atoms with van der Waals surface area (Å²) >= 11 is 1.46. The first-order valence-corrected chi connectivity index (χ1v) is 10.1. The van der Waals surface area contributed by atoms with Crippen LogP contribution < -0.4 is 4.90 Å². The minimum Gasteiger partial charge on any atom is -0.378 e. The molecule has 1 aromatic carbocycles. The van der Waals surface area contributed by atoms with Crippen molar-refractivity contribution in [3.05, 3.63) is 76.5 Å². The highest BCUT2D eigenvalue weighted by atomic mass is 32.1. The maximum Gasteiger partial charge on any atom is 0.678 e. The summed E-state index contributed by atoms with van der Waals surface area (Å²) in [6.07, 6.45) is 7.65. The predicted molar refractivity (Wildman–Crippen MR) is 122 cm³/mol. The van der Waals surface area contributed by atoms with Crippen LogP contribution in [0.4, 0.5) is 14.3 Å². The molecule has 0 spiro atoms. The SMILES string of the molecule is CC1=CC(/C=C/c2ccc(N(C)C)cc2)=NC/1=C/c1cc2sccc2n1B(F)F. The Labute approximate surface area is 173 Å². The zero-order valence-electron chi connectivity index (χ0n) is 16.4. The highest BCUT2D eigenvalue weighted by molar-refractivity contribution is 7.17. The van der Waals surface area contributed by atoms with Gasteiger partial charge in [-0.15, -0.1) is 11.3 Å². The molecule has 4 rings (SSSR count). The van der Waals surface area contributed by atoms with Gasteiger partial charge >= 0.3 is 7.40 Å². The van der Waals surface area contributed by atoms with Crippen LogP contribution in [0, 0.1) is 0 Å². The van der Waals surface area contributed by atoms with Crippen molar-refractivity contribution in [2.45, 2.75) is 6.92 Å². The Bertz CT molecular complexity index is 1160. The average molecular weight is 407 g/mol. The van der Waals surface area contributed by atoms with E-state index in [0.29, 0.717) is 16.9 Å². The Hall–Kier alpha value is -2.93. The molecule has 0 aliphatic carbocycles. The van der Waals surface area contributed by atoms with Crippen molar-refractivity contribution in [1.29, 1.82) is 0 Å². The van der Waals surface area contributed by atoms with Crippen molar-refractivity contribution in [1.82, 2.24) is 4.48 Å². The van der Waals surface area contributed by atoms with E-state index in [1.54, 1.807) is 18.2 Å². The Kier molecular flexibility index (Phi) is 5.24. The molecule has 1 aliphatic rings. The van der Waals surface area contributed by atoms with Gasteiger partial charge in [-0.25, -0.2) is 4.99 Å². The quantitative estimate of drug-likeness (QED) is 0.476. The smallest absolute Gasteiger partial charge is 0.378 e. The summed E-state index contributed by atoms with van der Waals surface area (Å²) in [6.45, 7) is 1.94. The number of halogens is 2. The van der Waals surface area contributed by atoms with Gasteiger partial charge in [-0.3, -0.25) is 8.63 Å². The fourth-order valence-corrected chi connectivity index (χ4v) is 4.10. The van der Waals surface area contributed by atoms with Gasteiger partial charge in [0.05, 0.1) is 21.6 Å². The van der Waals surface area contributed by atoms with Gasteiger partial charge in [0.25, 0.3) is 0 Å². The molecule has 0 fully saturated rings. The lowest BCUT2D eigenvalue weighted by molar-refractivity contribution is 0.633. The van der Waals surface area contributed by atoms with E-state index < -0.39 is 7.40 Å². The van der Waals surface area contributed by atoms with E-state index in [2.05, 4.69) is 34.2 Å². The van der Waals surface area contributed by atoms with Crippen LogP contribution in [-0.2, 0) is 0 Å². The fraction of sp³-hybridized carbons (Fsp3) is 0.136. The summed E-state index contributed by atoms with van der Waals surface area (Å²) in [6, 6.07) is 11.7. The van der Waals surface area contributed by atoms with E-state index in [-0.39, 0.29) is 0 Å². The number of aliphatic imine (C=N–C) groups is 1. The van der Waals surface area contributed by atoms with Crippen LogP contribution in [0.3, 0.4) is 0 Å². The van der Waals surface area contributed by atoms with Crippen molar-refractivity contribution in [3.8, 4) is 0 Å². The molecule has 0 unspecified atom stereocenters. The molecule has 7 heteroatoms. The molecule has 146 valence electrons. The lowest BCUT2D eigenvalue weighted by Crippen LogP contribution is -2.13. The molecular formula is C22H20BF2N3S. The number of nitrogens with zero attached hydrogens (tertiary/aromatic N) is 3. The van der Waals surface area contributed by atoms with Gasteiger partial charge in [0.15, 0.2) is 0 Å². The maximum atomic E-state index is 13.6. The third-order valence-corrected chi connectivity index (χ3v) is 5.70. The van der Waals surface area contributed by atoms with Crippen LogP contribution >= 0.6 is 11.3 Å². The lowest BCUT2D eigenvalue weighted by Gasteiger charge is -2.11. The molecule has 29 heavy (non-hydrogen) atoms. The lowest BCUT2D eigenvalue weighted by atomic mass is 10.1. The number of thiophene rings is 1. The second kappa shape index (κ2) is 7.83. The van der Waals surface area contributed by atoms with E-state index >= 15 is 0 Å². The van der Waals surface area contributed by atoms with E-state index in [0.717, 1.165) is 31.7 Å². The molecule has 0 bridgehead atoms. The zero-order chi connectivity index (χ0) is 20.5. The molecular weight excluding hydrogens is 387 g/mol. The topological polar surface area (TPSA) is 20.5 Å². The monoisotopic (exact) mass is 407 g/mol. The minimum atomic E-state index is -2.59. The van der Waals surface area contributed by atoms with E-state index in [9.17, 15) is 8.63 Å². The van der Waals surface area contributed by atoms with Crippen LogP contribution in [0.5, 0.6) is 0 Å². The molecule has 0 amide bonds. The summed E-state index contributed by atoms with van der Waals surface area (Å²) in [7, 11) is 1.43. The van der Waals surface area contributed by atoms with Gasteiger partial charge in [0, 0.05) is 25.5 Å². The van der Waals surface area contributed by atoms with Gasteiger partial charge < -0.3 is 9.38 Å². The van der Waals surface area contributed by atoms with Gasteiger partial charge in [0.1, 0.15) is 0 Å². The van der Waals surface area contributed by atoms with Gasteiger partial charge in [-0.1, -0.05) is 18.2 Å². The van der Waals surface area contributed by atoms with Gasteiger partial charge in [-0.05, 0) is 65.9 Å². The highest BCUT2D eigenvalue weighted by Crippen LogP contribution is 2.30. The number of rotatable bonds is 5. The predicted octanol–water partition coefficient (Wildman–Crippen LogP) is 6.00. The summed E-state index contributed by atoms with van der Waals surface area (Å²) < 4.78 is 29.1. The first-order valence-electron chi connectivity index (χ1n) is 9.23. The van der Waals surface area contributed by atoms with E-state index in [1.165, 1.54) is 11.3 Å². The second-order valence-electron chi connectivity index (χ2n) is 7.10. The number of allylic oxidation sites excluding steroid dienone is 3. The van der Waals surface area contributed by atoms with Crippen LogP contribution in [0.2, 0.25) is 0 Å². The zero-order valence-corrected chi connectivity index (χ0v) is 17.3. The minimum absolute atomic E-state index is 0.470. The molecule has 0 N–H and O–H groups in total. The van der Waals surface area contributed by atoms with Crippen molar-refractivity contribution < 1.29 is 8.63 Å². The number of hydrogen-bond acceptors (Lipinski definition) is 3. The molecule has 1 aliphatic heterocycles. The number of aromatic nitrogens is 1. The molecule has 0 saturated heterocycles. The summed E-state index contributed by atoms with van der Waals surface area (Å²) in [4.78, 5) is 6.67. The van der Waals surface area contributed by atoms with E-state index in [4.69, 9.17) is 0 Å². The Morgan fingerprint density at radius 1 is 1.10 bits per heavy atom. The molecule has 0 atom stereocenters. The molecule has 2 aromatic heterocycles. The Morgan fingerprint density at radius 2 is 1.86 bits per heavy atom. The first kappa shape index (κ1) is 19.4. The van der Waals surface area contributed by atoms with Crippen LogP contribution in [0.25, 0.3) is 22.4 Å². The van der Waals surface area contributed by atoms with Crippen molar-refractivity contribution in [2.24, 2.45) is 4.99 Å². The van der Waals surface area contributed by atoms with Crippen LogP contribution in [-0.4, -0.2) is 31.7 Å². The molecule has 0 radical (unpaired) electrons. The van der Waals surface area contributed by atoms with Crippen molar-refractivity contribution in [2.75, 3.05) is 19.0 Å². The van der Waals surface area contributed by atoms with Crippen molar-refractivity contribution >= 4 is 52.5 Å². The summed E-state index contributed by atoms with van der Waals surface area (Å²) in [5, 5.41) is 1.83. The molecule has 3 nitrogen and oxygen atoms in total. The second-order valence-corrected chi connectivity index (χ2v) is 8.05. The first-order chi connectivity index (χ1) is 13.9. The molecule has 3 aromatic rings. The molecule has 0 saturated carbocycles. The van der Waals surface area contributed by atoms with Crippen molar-refractivity contribution in [3.63, 3.8) is 0 Å². The molecule has 3 heterocycles. The standard InChI is InChI=1S/C22H20BF2N3S/c1-15-12-17(7-4-16-5-8-18(9-6-16)27(2)3)26-20(15)13-19-14-22-21(10-11-29-22)28(19)23(24)25/h4-14H,1-3H3/b7-4+,20-13+. The number of fused-ring (bicyclic) bond motifs is 1. The van der Waals surface area contributed by atoms with Gasteiger partial charge in [0.2, 0.25) is 0 Å². The van der Waals surface area contributed by atoms with Crippen LogP contribution in [0.15, 0.2) is 70.2 Å². The summed E-state index contributed by atoms with van der Waals surface area (Å²) in [5.41, 5.74) is 5.72.